The second kappa shape index (κ2) is 8.04. The lowest BCUT2D eigenvalue weighted by atomic mass is 10.3. The van der Waals surface area contributed by atoms with E-state index in [1.54, 1.807) is 0 Å². The van der Waals surface area contributed by atoms with Gasteiger partial charge in [-0.1, -0.05) is 25.1 Å². The predicted octanol–water partition coefficient (Wildman–Crippen LogP) is 3.39. The SMILES string of the molecule is CCCNc1cncc(NCCOc2ccccc2)c1. The normalized spacial score (nSPS) is 10.1. The number of benzene rings is 1. The number of hydrogen-bond donors (Lipinski definition) is 2. The summed E-state index contributed by atoms with van der Waals surface area (Å²) < 4.78 is 5.62. The molecule has 0 radical (unpaired) electrons. The van der Waals surface area contributed by atoms with Crippen LogP contribution in [0, 0.1) is 0 Å². The van der Waals surface area contributed by atoms with Gasteiger partial charge in [0.25, 0.3) is 0 Å². The number of pyridine rings is 1. The van der Waals surface area contributed by atoms with Crippen molar-refractivity contribution in [3.8, 4) is 5.75 Å². The summed E-state index contributed by atoms with van der Waals surface area (Å²) in [6.45, 7) is 4.47. The van der Waals surface area contributed by atoms with E-state index in [0.29, 0.717) is 6.61 Å². The van der Waals surface area contributed by atoms with Crippen LogP contribution in [-0.4, -0.2) is 24.7 Å². The average Bonchev–Trinajstić information content (AvgIpc) is 2.51. The van der Waals surface area contributed by atoms with Gasteiger partial charge in [-0.25, -0.2) is 0 Å². The molecule has 0 fully saturated rings. The lowest BCUT2D eigenvalue weighted by Gasteiger charge is -2.10. The first-order valence-corrected chi connectivity index (χ1v) is 6.99. The summed E-state index contributed by atoms with van der Waals surface area (Å²) in [5, 5.41) is 6.62. The second-order valence-corrected chi connectivity index (χ2v) is 4.48. The van der Waals surface area contributed by atoms with Crippen LogP contribution < -0.4 is 15.4 Å². The molecule has 0 aliphatic rings. The van der Waals surface area contributed by atoms with Gasteiger partial charge in [0.2, 0.25) is 0 Å². The van der Waals surface area contributed by atoms with Gasteiger partial charge >= 0.3 is 0 Å². The molecule has 0 atom stereocenters. The van der Waals surface area contributed by atoms with E-state index in [0.717, 1.165) is 36.6 Å². The predicted molar refractivity (Wildman–Crippen MR) is 83.4 cm³/mol. The fourth-order valence-corrected chi connectivity index (χ4v) is 1.78. The number of rotatable bonds is 8. The lowest BCUT2D eigenvalue weighted by Crippen LogP contribution is -2.12. The lowest BCUT2D eigenvalue weighted by molar-refractivity contribution is 0.333. The first-order chi connectivity index (χ1) is 9.88. The highest BCUT2D eigenvalue weighted by molar-refractivity contribution is 5.53. The van der Waals surface area contributed by atoms with Gasteiger partial charge < -0.3 is 15.4 Å². The van der Waals surface area contributed by atoms with Crippen molar-refractivity contribution in [2.45, 2.75) is 13.3 Å². The van der Waals surface area contributed by atoms with Crippen LogP contribution in [0.1, 0.15) is 13.3 Å². The van der Waals surface area contributed by atoms with Crippen molar-refractivity contribution in [1.82, 2.24) is 4.98 Å². The highest BCUT2D eigenvalue weighted by atomic mass is 16.5. The molecule has 20 heavy (non-hydrogen) atoms. The summed E-state index contributed by atoms with van der Waals surface area (Å²) in [6.07, 6.45) is 4.75. The average molecular weight is 271 g/mol. The Morgan fingerprint density at radius 2 is 1.70 bits per heavy atom. The van der Waals surface area contributed by atoms with E-state index >= 15 is 0 Å². The summed E-state index contributed by atoms with van der Waals surface area (Å²) in [5.74, 6) is 0.894. The Bertz CT molecular complexity index is 502. The molecule has 0 bridgehead atoms. The van der Waals surface area contributed by atoms with Crippen molar-refractivity contribution in [3.63, 3.8) is 0 Å². The minimum atomic E-state index is 0.622. The third-order valence-corrected chi connectivity index (χ3v) is 2.76. The number of nitrogens with one attached hydrogen (secondary N) is 2. The highest BCUT2D eigenvalue weighted by Gasteiger charge is 1.96. The number of hydrogen-bond acceptors (Lipinski definition) is 4. The number of nitrogens with zero attached hydrogens (tertiary/aromatic N) is 1. The number of anilines is 2. The van der Waals surface area contributed by atoms with E-state index in [1.165, 1.54) is 0 Å². The summed E-state index contributed by atoms with van der Waals surface area (Å²) >= 11 is 0. The monoisotopic (exact) mass is 271 g/mol. The molecular weight excluding hydrogens is 250 g/mol. The van der Waals surface area contributed by atoms with Gasteiger partial charge in [-0.3, -0.25) is 4.98 Å². The van der Waals surface area contributed by atoms with Crippen molar-refractivity contribution in [2.24, 2.45) is 0 Å². The first-order valence-electron chi connectivity index (χ1n) is 6.99. The second-order valence-electron chi connectivity index (χ2n) is 4.48. The van der Waals surface area contributed by atoms with Gasteiger partial charge in [-0.2, -0.15) is 0 Å². The molecule has 0 unspecified atom stereocenters. The van der Waals surface area contributed by atoms with Crippen LogP contribution in [0.4, 0.5) is 11.4 Å². The maximum Gasteiger partial charge on any atom is 0.119 e. The third kappa shape index (κ3) is 4.80. The van der Waals surface area contributed by atoms with E-state index in [-0.39, 0.29) is 0 Å². The molecule has 2 aromatic rings. The van der Waals surface area contributed by atoms with Crippen molar-refractivity contribution >= 4 is 11.4 Å². The third-order valence-electron chi connectivity index (χ3n) is 2.76. The van der Waals surface area contributed by atoms with Crippen molar-refractivity contribution in [2.75, 3.05) is 30.3 Å². The molecule has 106 valence electrons. The summed E-state index contributed by atoms with van der Waals surface area (Å²) in [7, 11) is 0. The molecule has 0 saturated carbocycles. The molecule has 0 saturated heterocycles. The Hall–Kier alpha value is -2.23. The molecule has 0 amide bonds. The number of aromatic nitrogens is 1. The van der Waals surface area contributed by atoms with E-state index in [4.69, 9.17) is 4.74 Å². The zero-order chi connectivity index (χ0) is 14.0. The first kappa shape index (κ1) is 14.2. The van der Waals surface area contributed by atoms with Gasteiger partial charge in [-0.15, -0.1) is 0 Å². The molecule has 1 heterocycles. The van der Waals surface area contributed by atoms with Crippen LogP contribution in [0.2, 0.25) is 0 Å². The minimum absolute atomic E-state index is 0.622. The van der Waals surface area contributed by atoms with E-state index in [1.807, 2.05) is 42.7 Å². The summed E-state index contributed by atoms with van der Waals surface area (Å²) in [4.78, 5) is 4.21. The van der Waals surface area contributed by atoms with Crippen molar-refractivity contribution in [3.05, 3.63) is 48.8 Å². The summed E-state index contributed by atoms with van der Waals surface area (Å²) in [5.41, 5.74) is 2.04. The van der Waals surface area contributed by atoms with E-state index < -0.39 is 0 Å². The molecule has 2 rings (SSSR count). The molecule has 4 nitrogen and oxygen atoms in total. The van der Waals surface area contributed by atoms with Crippen LogP contribution in [-0.2, 0) is 0 Å². The van der Waals surface area contributed by atoms with Crippen molar-refractivity contribution in [1.29, 1.82) is 0 Å². The van der Waals surface area contributed by atoms with Gasteiger partial charge in [0.1, 0.15) is 12.4 Å². The van der Waals surface area contributed by atoms with Crippen LogP contribution in [0.3, 0.4) is 0 Å². The molecule has 0 aliphatic carbocycles. The quantitative estimate of drug-likeness (QED) is 0.722. The molecular formula is C16H21N3O. The Morgan fingerprint density at radius 1 is 1.00 bits per heavy atom. The summed E-state index contributed by atoms with van der Waals surface area (Å²) in [6, 6.07) is 11.9. The van der Waals surface area contributed by atoms with Gasteiger partial charge in [0.15, 0.2) is 0 Å². The van der Waals surface area contributed by atoms with E-state index in [9.17, 15) is 0 Å². The Kier molecular flexibility index (Phi) is 5.71. The number of ether oxygens (including phenoxy) is 1. The fraction of sp³-hybridized carbons (Fsp3) is 0.312. The van der Waals surface area contributed by atoms with Crippen LogP contribution in [0.25, 0.3) is 0 Å². The van der Waals surface area contributed by atoms with E-state index in [2.05, 4.69) is 28.6 Å². The molecule has 1 aromatic carbocycles. The molecule has 2 N–H and O–H groups in total. The smallest absolute Gasteiger partial charge is 0.119 e. The van der Waals surface area contributed by atoms with Crippen LogP contribution in [0.5, 0.6) is 5.75 Å². The van der Waals surface area contributed by atoms with Gasteiger partial charge in [0.05, 0.1) is 23.8 Å². The molecule has 1 aromatic heterocycles. The highest BCUT2D eigenvalue weighted by Crippen LogP contribution is 2.13. The van der Waals surface area contributed by atoms with Gasteiger partial charge in [0, 0.05) is 13.1 Å². The molecule has 4 heteroatoms. The topological polar surface area (TPSA) is 46.2 Å². The molecule has 0 spiro atoms. The van der Waals surface area contributed by atoms with Gasteiger partial charge in [-0.05, 0) is 24.6 Å². The zero-order valence-electron chi connectivity index (χ0n) is 11.8. The van der Waals surface area contributed by atoms with Crippen LogP contribution >= 0.6 is 0 Å². The maximum absolute atomic E-state index is 5.62. The molecule has 0 aliphatic heterocycles. The van der Waals surface area contributed by atoms with Crippen LogP contribution in [0.15, 0.2) is 48.8 Å². The minimum Gasteiger partial charge on any atom is -0.492 e. The number of para-hydroxylation sites is 1. The zero-order valence-corrected chi connectivity index (χ0v) is 11.8. The Morgan fingerprint density at radius 3 is 2.40 bits per heavy atom. The largest absolute Gasteiger partial charge is 0.492 e. The maximum atomic E-state index is 5.62. The van der Waals surface area contributed by atoms with Crippen molar-refractivity contribution < 1.29 is 4.74 Å². The standard InChI is InChI=1S/C16H21N3O/c1-2-8-18-14-11-15(13-17-12-14)19-9-10-20-16-6-4-3-5-7-16/h3-7,11-13,18-19H,2,8-10H2,1H3. The Labute approximate surface area is 120 Å². The Balaban J connectivity index is 1.73. The fourth-order valence-electron chi connectivity index (χ4n) is 1.78.